The van der Waals surface area contributed by atoms with Gasteiger partial charge in [-0.2, -0.15) is 0 Å². The summed E-state index contributed by atoms with van der Waals surface area (Å²) in [5.74, 6) is 0.426. The molecule has 8 heteroatoms. The van der Waals surface area contributed by atoms with Gasteiger partial charge in [0.1, 0.15) is 12.4 Å². The quantitative estimate of drug-likeness (QED) is 0.381. The van der Waals surface area contributed by atoms with Gasteiger partial charge in [-0.15, -0.1) is 0 Å². The lowest BCUT2D eigenvalue weighted by atomic mass is 10.2. The molecule has 0 spiro atoms. The molecule has 0 saturated heterocycles. The number of anilines is 1. The minimum atomic E-state index is -0.411. The Labute approximate surface area is 188 Å². The molecule has 0 fully saturated rings. The summed E-state index contributed by atoms with van der Waals surface area (Å²) < 4.78 is 24.4. The summed E-state index contributed by atoms with van der Waals surface area (Å²) >= 11 is 24.6. The molecule has 3 aromatic rings. The van der Waals surface area contributed by atoms with E-state index in [1.165, 1.54) is 19.2 Å². The van der Waals surface area contributed by atoms with Crippen LogP contribution in [0.5, 0.6) is 11.5 Å². The average Bonchev–Trinajstić information content (AvgIpc) is 2.68. The monoisotopic (exact) mass is 473 g/mol. The molecule has 3 aromatic carbocycles. The van der Waals surface area contributed by atoms with E-state index in [2.05, 4.69) is 5.32 Å². The normalized spacial score (nSPS) is 10.7. The third-order valence-electron chi connectivity index (χ3n) is 4.09. The molecule has 0 aliphatic heterocycles. The molecule has 0 heterocycles. The molecule has 0 aliphatic rings. The van der Waals surface area contributed by atoms with Crippen molar-refractivity contribution in [3.05, 3.63) is 85.6 Å². The van der Waals surface area contributed by atoms with Crippen LogP contribution >= 0.6 is 46.4 Å². The highest BCUT2D eigenvalue weighted by Gasteiger charge is 2.14. The number of methoxy groups -OCH3 is 1. The number of hydrogen-bond acceptors (Lipinski definition) is 3. The second-order valence-corrected chi connectivity index (χ2v) is 7.77. The maximum absolute atomic E-state index is 13.2. The van der Waals surface area contributed by atoms with E-state index in [1.54, 1.807) is 36.4 Å². The number of benzene rings is 3. The van der Waals surface area contributed by atoms with E-state index < -0.39 is 5.82 Å². The molecule has 3 nitrogen and oxygen atoms in total. The highest BCUT2D eigenvalue weighted by Crippen LogP contribution is 2.38. The van der Waals surface area contributed by atoms with Crippen molar-refractivity contribution in [3.63, 3.8) is 0 Å². The van der Waals surface area contributed by atoms with E-state index in [9.17, 15) is 4.39 Å². The van der Waals surface area contributed by atoms with Crippen LogP contribution in [0.2, 0.25) is 20.1 Å². The molecule has 0 saturated carbocycles. The van der Waals surface area contributed by atoms with Gasteiger partial charge in [-0.05, 0) is 48.0 Å². The summed E-state index contributed by atoms with van der Waals surface area (Å²) in [6.45, 7) is 0.561. The summed E-state index contributed by atoms with van der Waals surface area (Å²) in [6, 6.07) is 12.9. The molecule has 0 bridgehead atoms. The number of rotatable bonds is 7. The highest BCUT2D eigenvalue weighted by atomic mass is 35.5. The Morgan fingerprint density at radius 2 is 1.69 bits per heavy atom. The van der Waals surface area contributed by atoms with Crippen molar-refractivity contribution in [1.82, 2.24) is 0 Å². The first kappa shape index (κ1) is 21.8. The van der Waals surface area contributed by atoms with Gasteiger partial charge in [-0.3, -0.25) is 0 Å². The van der Waals surface area contributed by atoms with E-state index >= 15 is 0 Å². The van der Waals surface area contributed by atoms with Crippen LogP contribution < -0.4 is 14.8 Å². The van der Waals surface area contributed by atoms with Gasteiger partial charge in [-0.25, -0.2) is 4.39 Å². The third-order valence-corrected chi connectivity index (χ3v) is 5.29. The lowest BCUT2D eigenvalue weighted by molar-refractivity contribution is 0.284. The summed E-state index contributed by atoms with van der Waals surface area (Å²) in [5.41, 5.74) is 2.20. The Morgan fingerprint density at radius 3 is 2.41 bits per heavy atom. The van der Waals surface area contributed by atoms with Crippen molar-refractivity contribution in [2.24, 2.45) is 0 Å². The predicted molar refractivity (Wildman–Crippen MR) is 118 cm³/mol. The lowest BCUT2D eigenvalue weighted by Crippen LogP contribution is -2.03. The van der Waals surface area contributed by atoms with Gasteiger partial charge >= 0.3 is 0 Å². The van der Waals surface area contributed by atoms with Crippen LogP contribution in [0.4, 0.5) is 10.1 Å². The van der Waals surface area contributed by atoms with E-state index in [0.29, 0.717) is 44.4 Å². The lowest BCUT2D eigenvalue weighted by Gasteiger charge is -2.16. The van der Waals surface area contributed by atoms with Crippen molar-refractivity contribution in [3.8, 4) is 11.5 Å². The van der Waals surface area contributed by atoms with Gasteiger partial charge in [0.2, 0.25) is 0 Å². The molecule has 0 aromatic heterocycles. The van der Waals surface area contributed by atoms with Crippen molar-refractivity contribution in [2.45, 2.75) is 13.2 Å². The zero-order valence-corrected chi connectivity index (χ0v) is 18.3. The zero-order valence-electron chi connectivity index (χ0n) is 15.2. The minimum Gasteiger partial charge on any atom is -0.493 e. The number of nitrogens with one attached hydrogen (secondary N) is 1. The van der Waals surface area contributed by atoms with Crippen LogP contribution in [-0.2, 0) is 13.2 Å². The van der Waals surface area contributed by atoms with E-state index in [0.717, 1.165) is 5.56 Å². The minimum absolute atomic E-state index is 0.116. The van der Waals surface area contributed by atoms with E-state index in [-0.39, 0.29) is 11.6 Å². The van der Waals surface area contributed by atoms with Gasteiger partial charge in [0.25, 0.3) is 0 Å². The Morgan fingerprint density at radius 1 is 0.897 bits per heavy atom. The van der Waals surface area contributed by atoms with E-state index in [4.69, 9.17) is 55.9 Å². The molecule has 0 atom stereocenters. The maximum Gasteiger partial charge on any atom is 0.180 e. The molecule has 0 aliphatic carbocycles. The first-order chi connectivity index (χ1) is 13.9. The van der Waals surface area contributed by atoms with Crippen LogP contribution in [-0.4, -0.2) is 7.11 Å². The molecule has 3 rings (SSSR count). The Hall–Kier alpha value is -1.85. The van der Waals surface area contributed by atoms with Crippen molar-refractivity contribution in [2.75, 3.05) is 12.4 Å². The first-order valence-corrected chi connectivity index (χ1v) is 10.0. The molecule has 152 valence electrons. The van der Waals surface area contributed by atoms with Crippen molar-refractivity contribution < 1.29 is 13.9 Å². The topological polar surface area (TPSA) is 30.5 Å². The fraction of sp³-hybridized carbons (Fsp3) is 0.143. The number of ether oxygens (including phenoxy) is 2. The molecule has 1 N–H and O–H groups in total. The van der Waals surface area contributed by atoms with Crippen LogP contribution in [0.1, 0.15) is 11.1 Å². The smallest absolute Gasteiger partial charge is 0.180 e. The molecule has 0 unspecified atom stereocenters. The van der Waals surface area contributed by atoms with Gasteiger partial charge in [0.15, 0.2) is 11.5 Å². The van der Waals surface area contributed by atoms with Crippen LogP contribution in [0.25, 0.3) is 0 Å². The molecule has 29 heavy (non-hydrogen) atoms. The number of halogens is 5. The first-order valence-electron chi connectivity index (χ1n) is 8.49. The van der Waals surface area contributed by atoms with Gasteiger partial charge in [0, 0.05) is 17.1 Å². The SMILES string of the molecule is COc1cc(CNc2cc(Cl)ccc2Cl)cc(Cl)c1OCc1ccc(F)cc1Cl. The molecular formula is C21H16Cl4FNO2. The maximum atomic E-state index is 13.2. The molecular weight excluding hydrogens is 459 g/mol. The number of hydrogen-bond donors (Lipinski definition) is 1. The fourth-order valence-corrected chi connectivity index (χ4v) is 3.50. The van der Waals surface area contributed by atoms with Crippen molar-refractivity contribution in [1.29, 1.82) is 0 Å². The summed E-state index contributed by atoms with van der Waals surface area (Å²) in [4.78, 5) is 0. The Balaban J connectivity index is 1.75. The summed E-state index contributed by atoms with van der Waals surface area (Å²) in [5, 5.41) is 5.00. The predicted octanol–water partition coefficient (Wildman–Crippen LogP) is 7.64. The second-order valence-electron chi connectivity index (χ2n) is 6.11. The standard InChI is InChI=1S/C21H16Cl4FNO2/c1-28-20-7-12(10-27-19-8-14(22)3-5-16(19)23)6-18(25)21(20)29-11-13-2-4-15(26)9-17(13)24/h2-9,27H,10-11H2,1H3. The average molecular weight is 475 g/mol. The van der Waals surface area contributed by atoms with Crippen LogP contribution in [0, 0.1) is 5.82 Å². The van der Waals surface area contributed by atoms with Crippen LogP contribution in [0.15, 0.2) is 48.5 Å². The summed E-state index contributed by atoms with van der Waals surface area (Å²) in [7, 11) is 1.52. The van der Waals surface area contributed by atoms with Gasteiger partial charge < -0.3 is 14.8 Å². The largest absolute Gasteiger partial charge is 0.493 e. The van der Waals surface area contributed by atoms with Crippen LogP contribution in [0.3, 0.4) is 0 Å². The van der Waals surface area contributed by atoms with Gasteiger partial charge in [-0.1, -0.05) is 52.5 Å². The summed E-state index contributed by atoms with van der Waals surface area (Å²) in [6.07, 6.45) is 0. The van der Waals surface area contributed by atoms with Gasteiger partial charge in [0.05, 0.1) is 27.9 Å². The highest BCUT2D eigenvalue weighted by molar-refractivity contribution is 6.35. The third kappa shape index (κ3) is 5.61. The molecule has 0 radical (unpaired) electrons. The Kier molecular flexibility index (Phi) is 7.36. The fourth-order valence-electron chi connectivity index (χ4n) is 2.63. The second kappa shape index (κ2) is 9.77. The Bertz CT molecular complexity index is 1030. The molecule has 0 amide bonds. The zero-order chi connectivity index (χ0) is 21.0. The van der Waals surface area contributed by atoms with Crippen molar-refractivity contribution >= 4 is 52.1 Å². The van der Waals surface area contributed by atoms with E-state index in [1.807, 2.05) is 0 Å².